The largest absolute Gasteiger partial charge is 0.386 e. The maximum absolute atomic E-state index is 9.71. The summed E-state index contributed by atoms with van der Waals surface area (Å²) in [6, 6.07) is 39.0. The van der Waals surface area contributed by atoms with Crippen LogP contribution in [0.25, 0.3) is 0 Å². The summed E-state index contributed by atoms with van der Waals surface area (Å²) < 4.78 is 0. The average molecular weight is 680 g/mol. The van der Waals surface area contributed by atoms with E-state index < -0.39 is 10.8 Å². The minimum Gasteiger partial charge on any atom is -0.386 e. The van der Waals surface area contributed by atoms with Gasteiger partial charge in [-0.2, -0.15) is 10.5 Å². The van der Waals surface area contributed by atoms with Crippen molar-refractivity contribution in [3.8, 4) is 12.1 Å². The molecule has 46 heavy (non-hydrogen) atoms. The number of hydrogen-bond donors (Lipinski definition) is 2. The second-order valence-electron chi connectivity index (χ2n) is 10.7. The molecule has 0 aromatic heterocycles. The lowest BCUT2D eigenvalue weighted by molar-refractivity contribution is 0.782. The van der Waals surface area contributed by atoms with Crippen molar-refractivity contribution in [1.82, 2.24) is 0 Å². The molecule has 10 heteroatoms. The Morgan fingerprint density at radius 2 is 0.957 bits per heavy atom. The second-order valence-corrected chi connectivity index (χ2v) is 13.7. The SMILES string of the molecule is C[C@@]1(c2ccccc2)C(N)=NC(Sc2cccc(Cl)c2)=C1C#N.C[C@]1(c2ccccc2)C(N)=NC(Sc2cccc(Cl)c2)=C1C#N. The normalized spacial score (nSPS) is 20.3. The van der Waals surface area contributed by atoms with Crippen LogP contribution in [-0.4, -0.2) is 11.7 Å². The highest BCUT2D eigenvalue weighted by atomic mass is 35.5. The molecule has 4 aromatic rings. The summed E-state index contributed by atoms with van der Waals surface area (Å²) >= 11 is 14.9. The zero-order valence-corrected chi connectivity index (χ0v) is 28.1. The second kappa shape index (κ2) is 13.9. The molecule has 2 aliphatic heterocycles. The van der Waals surface area contributed by atoms with Gasteiger partial charge in [-0.25, -0.2) is 9.98 Å². The van der Waals surface area contributed by atoms with Gasteiger partial charge in [0.1, 0.15) is 21.7 Å². The van der Waals surface area contributed by atoms with Crippen LogP contribution in [0, 0.1) is 22.7 Å². The van der Waals surface area contributed by atoms with Gasteiger partial charge < -0.3 is 11.5 Å². The van der Waals surface area contributed by atoms with Crippen LogP contribution in [0.2, 0.25) is 10.0 Å². The third-order valence-corrected chi connectivity index (χ3v) is 10.3. The Morgan fingerprint density at radius 1 is 0.587 bits per heavy atom. The Labute approximate surface area is 287 Å². The van der Waals surface area contributed by atoms with Crippen LogP contribution in [0.5, 0.6) is 0 Å². The number of nitrogens with two attached hydrogens (primary N) is 2. The molecule has 2 atom stereocenters. The lowest BCUT2D eigenvalue weighted by Gasteiger charge is -2.25. The van der Waals surface area contributed by atoms with Crippen LogP contribution in [0.4, 0.5) is 0 Å². The van der Waals surface area contributed by atoms with Crippen molar-refractivity contribution in [3.05, 3.63) is 152 Å². The van der Waals surface area contributed by atoms with Crippen molar-refractivity contribution < 1.29 is 0 Å². The Balaban J connectivity index is 0.000000181. The van der Waals surface area contributed by atoms with Gasteiger partial charge in [0.25, 0.3) is 0 Å². The highest BCUT2D eigenvalue weighted by Crippen LogP contribution is 2.46. The molecule has 228 valence electrons. The standard InChI is InChI=1S/2C18H14ClN3S/c2*1-18(12-6-3-2-4-7-12)15(11-20)16(22-17(18)21)23-14-9-5-8-13(19)10-14/h2*2-10H,1H3,(H2,21,22)/t2*18-/m10/s1. The summed E-state index contributed by atoms with van der Waals surface area (Å²) in [6.45, 7) is 3.87. The predicted molar refractivity (Wildman–Crippen MR) is 191 cm³/mol. The fraction of sp³-hybridized carbons (Fsp3) is 0.111. The summed E-state index contributed by atoms with van der Waals surface area (Å²) in [5.74, 6) is 0.870. The molecule has 6 nitrogen and oxygen atoms in total. The molecule has 0 unspecified atom stereocenters. The Bertz CT molecular complexity index is 1850. The first-order valence-electron chi connectivity index (χ1n) is 14.1. The molecule has 6 rings (SSSR count). The fourth-order valence-corrected chi connectivity index (χ4v) is 7.73. The van der Waals surface area contributed by atoms with E-state index in [4.69, 9.17) is 34.7 Å². The number of nitrogens with zero attached hydrogens (tertiary/aromatic N) is 4. The van der Waals surface area contributed by atoms with E-state index in [2.05, 4.69) is 22.1 Å². The monoisotopic (exact) mass is 678 g/mol. The van der Waals surface area contributed by atoms with Crippen molar-refractivity contribution in [2.45, 2.75) is 34.5 Å². The lowest BCUT2D eigenvalue weighted by atomic mass is 9.77. The van der Waals surface area contributed by atoms with E-state index >= 15 is 0 Å². The molecule has 0 amide bonds. The van der Waals surface area contributed by atoms with E-state index in [1.54, 1.807) is 0 Å². The number of nitriles is 2. The van der Waals surface area contributed by atoms with Crippen molar-refractivity contribution >= 4 is 58.4 Å². The van der Waals surface area contributed by atoms with Gasteiger partial charge in [0.05, 0.1) is 34.1 Å². The summed E-state index contributed by atoms with van der Waals surface area (Å²) in [6.07, 6.45) is 0. The number of halogens is 2. The van der Waals surface area contributed by atoms with Gasteiger partial charge in [-0.3, -0.25) is 0 Å². The molecule has 0 bridgehead atoms. The van der Waals surface area contributed by atoms with Crippen LogP contribution in [0.15, 0.2) is 150 Å². The van der Waals surface area contributed by atoms with Crippen LogP contribution in [-0.2, 0) is 10.8 Å². The molecule has 0 saturated carbocycles. The number of amidine groups is 2. The summed E-state index contributed by atoms with van der Waals surface area (Å²) in [4.78, 5) is 10.8. The first-order chi connectivity index (χ1) is 22.1. The molecular weight excluding hydrogens is 651 g/mol. The van der Waals surface area contributed by atoms with Gasteiger partial charge >= 0.3 is 0 Å². The van der Waals surface area contributed by atoms with E-state index in [0.29, 0.717) is 42.9 Å². The Hall–Kier alpha value is -4.44. The molecular formula is C36H28Cl2N6S2. The van der Waals surface area contributed by atoms with Crippen molar-refractivity contribution in [2.24, 2.45) is 21.5 Å². The number of hydrogen-bond acceptors (Lipinski definition) is 8. The van der Waals surface area contributed by atoms with Crippen molar-refractivity contribution in [2.75, 3.05) is 0 Å². The minimum absolute atomic E-state index is 0.435. The lowest BCUT2D eigenvalue weighted by Crippen LogP contribution is -2.37. The maximum atomic E-state index is 9.71. The number of aliphatic imine (C=N–C) groups is 2. The Kier molecular flexibility index (Phi) is 9.96. The topological polar surface area (TPSA) is 124 Å². The molecule has 2 heterocycles. The van der Waals surface area contributed by atoms with Gasteiger partial charge in [0.15, 0.2) is 0 Å². The summed E-state index contributed by atoms with van der Waals surface area (Å²) in [5, 5.41) is 22.0. The van der Waals surface area contributed by atoms with Gasteiger partial charge in [0.2, 0.25) is 0 Å². The molecule has 0 fully saturated rings. The van der Waals surface area contributed by atoms with Crippen LogP contribution in [0.1, 0.15) is 25.0 Å². The fourth-order valence-electron chi connectivity index (χ4n) is 5.12. The number of thioether (sulfide) groups is 2. The van der Waals surface area contributed by atoms with Crippen LogP contribution in [0.3, 0.4) is 0 Å². The predicted octanol–water partition coefficient (Wildman–Crippen LogP) is 8.99. The van der Waals surface area contributed by atoms with E-state index in [1.165, 1.54) is 23.5 Å². The van der Waals surface area contributed by atoms with Gasteiger partial charge in [0, 0.05) is 19.8 Å². The Morgan fingerprint density at radius 3 is 1.28 bits per heavy atom. The maximum Gasteiger partial charge on any atom is 0.118 e. The third kappa shape index (κ3) is 6.44. The van der Waals surface area contributed by atoms with E-state index in [1.807, 2.05) is 123 Å². The third-order valence-electron chi connectivity index (χ3n) is 7.84. The number of rotatable bonds is 6. The van der Waals surface area contributed by atoms with Gasteiger partial charge in [-0.15, -0.1) is 0 Å². The average Bonchev–Trinajstić information content (AvgIpc) is 3.45. The minimum atomic E-state index is -0.698. The molecule has 4 aromatic carbocycles. The first kappa shape index (κ1) is 32.9. The van der Waals surface area contributed by atoms with E-state index in [-0.39, 0.29) is 0 Å². The molecule has 0 spiro atoms. The zero-order valence-electron chi connectivity index (χ0n) is 24.9. The smallest absolute Gasteiger partial charge is 0.118 e. The highest BCUT2D eigenvalue weighted by Gasteiger charge is 2.43. The quantitative estimate of drug-likeness (QED) is 0.210. The van der Waals surface area contributed by atoms with Crippen molar-refractivity contribution in [1.29, 1.82) is 10.5 Å². The molecule has 0 aliphatic carbocycles. The first-order valence-corrected chi connectivity index (χ1v) is 16.5. The molecule has 0 radical (unpaired) electrons. The van der Waals surface area contributed by atoms with Gasteiger partial charge in [-0.05, 0) is 61.4 Å². The van der Waals surface area contributed by atoms with Gasteiger partial charge in [-0.1, -0.05) is 120 Å². The molecule has 2 aliphatic rings. The number of benzene rings is 4. The van der Waals surface area contributed by atoms with E-state index in [0.717, 1.165) is 20.9 Å². The zero-order chi connectivity index (χ0) is 32.9. The summed E-state index contributed by atoms with van der Waals surface area (Å²) in [5.41, 5.74) is 14.0. The molecule has 0 saturated heterocycles. The van der Waals surface area contributed by atoms with Crippen LogP contribution >= 0.6 is 46.7 Å². The van der Waals surface area contributed by atoms with Crippen molar-refractivity contribution in [3.63, 3.8) is 0 Å². The molecule has 4 N–H and O–H groups in total. The highest BCUT2D eigenvalue weighted by molar-refractivity contribution is 8.03. The van der Waals surface area contributed by atoms with E-state index in [9.17, 15) is 10.5 Å². The van der Waals surface area contributed by atoms with Crippen LogP contribution < -0.4 is 11.5 Å². The summed E-state index contributed by atoms with van der Waals surface area (Å²) in [7, 11) is 0.